The molecule has 0 atom stereocenters. The zero-order valence-corrected chi connectivity index (χ0v) is 11.2. The van der Waals surface area contributed by atoms with Gasteiger partial charge >= 0.3 is 5.69 Å². The van der Waals surface area contributed by atoms with Gasteiger partial charge in [0.2, 0.25) is 0 Å². The molecule has 0 aliphatic carbocycles. The van der Waals surface area contributed by atoms with E-state index in [1.165, 1.54) is 6.07 Å². The third kappa shape index (κ3) is 5.09. The molecule has 0 fully saturated rings. The smallest absolute Gasteiger partial charge is 0.310 e. The molecule has 5 nitrogen and oxygen atoms in total. The second-order valence-corrected chi connectivity index (χ2v) is 4.16. The summed E-state index contributed by atoms with van der Waals surface area (Å²) in [6.45, 7) is 7.69. The number of ether oxygens (including phenoxy) is 1. The largest absolute Gasteiger partial charge is 0.486 e. The number of nitro groups is 1. The summed E-state index contributed by atoms with van der Waals surface area (Å²) < 4.78 is 5.45. The minimum Gasteiger partial charge on any atom is -0.486 e. The third-order valence-corrected chi connectivity index (χ3v) is 2.56. The summed E-state index contributed by atoms with van der Waals surface area (Å²) in [5.74, 6) is 0.322. The average Bonchev–Trinajstić information content (AvgIpc) is 2.39. The predicted molar refractivity (Wildman–Crippen MR) is 75.4 cm³/mol. The molecule has 5 heteroatoms. The molecule has 0 bridgehead atoms. The van der Waals surface area contributed by atoms with E-state index in [1.54, 1.807) is 18.2 Å². The number of hydrogen-bond donors (Lipinski definition) is 1. The fourth-order valence-corrected chi connectivity index (χ4v) is 1.60. The van der Waals surface area contributed by atoms with Gasteiger partial charge in [0.05, 0.1) is 11.5 Å². The number of nitrogens with zero attached hydrogens (tertiary/aromatic N) is 1. The molecule has 0 aromatic heterocycles. The molecule has 0 aliphatic heterocycles. The van der Waals surface area contributed by atoms with E-state index < -0.39 is 4.92 Å². The topological polar surface area (TPSA) is 64.4 Å². The molecule has 0 amide bonds. The highest BCUT2D eigenvalue weighted by molar-refractivity contribution is 5.48. The Morgan fingerprint density at radius 1 is 1.53 bits per heavy atom. The van der Waals surface area contributed by atoms with Crippen LogP contribution in [0, 0.1) is 10.1 Å². The van der Waals surface area contributed by atoms with Gasteiger partial charge in [-0.25, -0.2) is 0 Å². The Kier molecular flexibility index (Phi) is 6.60. The van der Waals surface area contributed by atoms with Gasteiger partial charge in [0.1, 0.15) is 0 Å². The van der Waals surface area contributed by atoms with Crippen LogP contribution in [0.1, 0.15) is 25.3 Å². The number of benzene rings is 1. The average molecular weight is 264 g/mol. The van der Waals surface area contributed by atoms with Crippen molar-refractivity contribution < 1.29 is 9.66 Å². The summed E-state index contributed by atoms with van der Waals surface area (Å²) in [6, 6.07) is 4.97. The lowest BCUT2D eigenvalue weighted by Crippen LogP contribution is -2.14. The van der Waals surface area contributed by atoms with Crippen LogP contribution in [-0.4, -0.2) is 18.1 Å². The summed E-state index contributed by atoms with van der Waals surface area (Å²) in [5.41, 5.74) is 0.982. The Bertz CT molecular complexity index is 433. The molecule has 0 radical (unpaired) electrons. The fourth-order valence-electron chi connectivity index (χ4n) is 1.60. The lowest BCUT2D eigenvalue weighted by atomic mass is 10.2. The van der Waals surface area contributed by atoms with Crippen molar-refractivity contribution in [1.29, 1.82) is 0 Å². The van der Waals surface area contributed by atoms with E-state index in [0.29, 0.717) is 25.3 Å². The highest BCUT2D eigenvalue weighted by Crippen LogP contribution is 2.28. The summed E-state index contributed by atoms with van der Waals surface area (Å²) in [5, 5.41) is 14.2. The second-order valence-electron chi connectivity index (χ2n) is 4.16. The monoisotopic (exact) mass is 264 g/mol. The molecule has 0 unspecified atom stereocenters. The van der Waals surface area contributed by atoms with Crippen LogP contribution in [0.4, 0.5) is 5.69 Å². The van der Waals surface area contributed by atoms with Crippen molar-refractivity contribution in [2.75, 3.05) is 13.2 Å². The Labute approximate surface area is 113 Å². The number of hydrogen-bond acceptors (Lipinski definition) is 4. The van der Waals surface area contributed by atoms with E-state index in [-0.39, 0.29) is 5.69 Å². The molecule has 0 spiro atoms. The van der Waals surface area contributed by atoms with Crippen molar-refractivity contribution in [1.82, 2.24) is 5.32 Å². The molecule has 0 heterocycles. The molecular weight excluding hydrogens is 244 g/mol. The first-order valence-electron chi connectivity index (χ1n) is 6.40. The van der Waals surface area contributed by atoms with Gasteiger partial charge in [-0.2, -0.15) is 0 Å². The summed E-state index contributed by atoms with van der Waals surface area (Å²) in [4.78, 5) is 10.5. The Balaban J connectivity index is 2.78. The molecule has 1 rings (SSSR count). The Morgan fingerprint density at radius 3 is 2.95 bits per heavy atom. The number of nitro benzene ring substituents is 1. The standard InChI is InChI=1S/C14H20N2O3/c1-3-5-9-19-14-10-12(11-15-8-4-2)6-7-13(14)16(17)18/h3,6-7,10,15H,1,4-5,8-9,11H2,2H3. The van der Waals surface area contributed by atoms with Crippen LogP contribution in [0.2, 0.25) is 0 Å². The van der Waals surface area contributed by atoms with Gasteiger partial charge in [0.15, 0.2) is 5.75 Å². The van der Waals surface area contributed by atoms with Gasteiger partial charge < -0.3 is 10.1 Å². The number of nitrogens with one attached hydrogen (secondary N) is 1. The van der Waals surface area contributed by atoms with E-state index in [0.717, 1.165) is 18.5 Å². The van der Waals surface area contributed by atoms with Gasteiger partial charge in [-0.1, -0.05) is 19.1 Å². The number of rotatable bonds is 9. The quantitative estimate of drug-likeness (QED) is 0.322. The van der Waals surface area contributed by atoms with Crippen LogP contribution in [-0.2, 0) is 6.54 Å². The van der Waals surface area contributed by atoms with Crippen LogP contribution in [0.15, 0.2) is 30.9 Å². The van der Waals surface area contributed by atoms with Crippen LogP contribution < -0.4 is 10.1 Å². The van der Waals surface area contributed by atoms with Gasteiger partial charge in [-0.05, 0) is 31.0 Å². The highest BCUT2D eigenvalue weighted by Gasteiger charge is 2.15. The zero-order valence-electron chi connectivity index (χ0n) is 11.2. The maximum Gasteiger partial charge on any atom is 0.310 e. The molecule has 1 aromatic carbocycles. The molecular formula is C14H20N2O3. The summed E-state index contributed by atoms with van der Waals surface area (Å²) in [6.07, 6.45) is 3.43. The zero-order chi connectivity index (χ0) is 14.1. The third-order valence-electron chi connectivity index (χ3n) is 2.56. The van der Waals surface area contributed by atoms with Crippen molar-refractivity contribution in [2.45, 2.75) is 26.3 Å². The van der Waals surface area contributed by atoms with Crippen molar-refractivity contribution in [3.63, 3.8) is 0 Å². The Hall–Kier alpha value is -1.88. The second kappa shape index (κ2) is 8.26. The van der Waals surface area contributed by atoms with Crippen molar-refractivity contribution in [2.24, 2.45) is 0 Å². The van der Waals surface area contributed by atoms with Crippen molar-refractivity contribution in [3.8, 4) is 5.75 Å². The SMILES string of the molecule is C=CCCOc1cc(CNCCC)ccc1[N+](=O)[O-]. The van der Waals surface area contributed by atoms with Crippen molar-refractivity contribution in [3.05, 3.63) is 46.5 Å². The normalized spacial score (nSPS) is 10.2. The molecule has 0 saturated carbocycles. The van der Waals surface area contributed by atoms with Gasteiger partial charge in [0, 0.05) is 12.6 Å². The van der Waals surface area contributed by atoms with E-state index in [4.69, 9.17) is 4.74 Å². The summed E-state index contributed by atoms with van der Waals surface area (Å²) >= 11 is 0. The molecule has 0 aliphatic rings. The predicted octanol–water partition coefficient (Wildman–Crippen LogP) is 3.05. The van der Waals surface area contributed by atoms with Crippen LogP contribution in [0.5, 0.6) is 5.75 Å². The van der Waals surface area contributed by atoms with Crippen LogP contribution >= 0.6 is 0 Å². The molecule has 1 aromatic rings. The lowest BCUT2D eigenvalue weighted by Gasteiger charge is -2.08. The minimum absolute atomic E-state index is 0.00306. The summed E-state index contributed by atoms with van der Waals surface area (Å²) in [7, 11) is 0. The fraction of sp³-hybridized carbons (Fsp3) is 0.429. The maximum atomic E-state index is 10.9. The van der Waals surface area contributed by atoms with Gasteiger partial charge in [-0.3, -0.25) is 10.1 Å². The van der Waals surface area contributed by atoms with Gasteiger partial charge in [-0.15, -0.1) is 6.58 Å². The molecule has 0 saturated heterocycles. The minimum atomic E-state index is -0.424. The first kappa shape index (κ1) is 15.2. The van der Waals surface area contributed by atoms with Crippen molar-refractivity contribution >= 4 is 5.69 Å². The first-order chi connectivity index (χ1) is 9.19. The highest BCUT2D eigenvalue weighted by atomic mass is 16.6. The maximum absolute atomic E-state index is 10.9. The molecule has 1 N–H and O–H groups in total. The van der Waals surface area contributed by atoms with E-state index >= 15 is 0 Å². The molecule has 19 heavy (non-hydrogen) atoms. The van der Waals surface area contributed by atoms with E-state index in [1.807, 2.05) is 0 Å². The van der Waals surface area contributed by atoms with E-state index in [9.17, 15) is 10.1 Å². The van der Waals surface area contributed by atoms with Gasteiger partial charge in [0.25, 0.3) is 0 Å². The molecule has 104 valence electrons. The van der Waals surface area contributed by atoms with E-state index in [2.05, 4.69) is 18.8 Å². The lowest BCUT2D eigenvalue weighted by molar-refractivity contribution is -0.385. The van der Waals surface area contributed by atoms with Crippen LogP contribution in [0.3, 0.4) is 0 Å². The van der Waals surface area contributed by atoms with Crippen LogP contribution in [0.25, 0.3) is 0 Å². The first-order valence-corrected chi connectivity index (χ1v) is 6.40. The Morgan fingerprint density at radius 2 is 2.32 bits per heavy atom.